The number of fused-ring (bicyclic) bond motifs is 1. The van der Waals surface area contributed by atoms with E-state index in [-0.39, 0.29) is 11.7 Å². The topological polar surface area (TPSA) is 80.9 Å². The molecule has 0 saturated carbocycles. The van der Waals surface area contributed by atoms with Crippen LogP contribution in [0.15, 0.2) is 75.2 Å². The van der Waals surface area contributed by atoms with Crippen LogP contribution in [0.5, 0.6) is 0 Å². The molecule has 134 valence electrons. The SMILES string of the molecule is O=C(Nc1cncc(Br)c1)c1oc2ccccc2c1CSc1ncccn1. The minimum atomic E-state index is -0.323. The van der Waals surface area contributed by atoms with Gasteiger partial charge in [-0.15, -0.1) is 0 Å². The minimum Gasteiger partial charge on any atom is -0.451 e. The molecule has 0 aliphatic rings. The van der Waals surface area contributed by atoms with E-state index in [0.717, 1.165) is 15.4 Å². The van der Waals surface area contributed by atoms with Gasteiger partial charge in [0, 0.05) is 39.8 Å². The number of aromatic nitrogens is 3. The van der Waals surface area contributed by atoms with Gasteiger partial charge >= 0.3 is 0 Å². The van der Waals surface area contributed by atoms with Gasteiger partial charge in [-0.25, -0.2) is 9.97 Å². The van der Waals surface area contributed by atoms with Gasteiger partial charge in [0.1, 0.15) is 5.58 Å². The fourth-order valence-electron chi connectivity index (χ4n) is 2.59. The molecule has 0 bridgehead atoms. The lowest BCUT2D eigenvalue weighted by Crippen LogP contribution is -2.13. The van der Waals surface area contributed by atoms with Crippen LogP contribution in [-0.4, -0.2) is 20.9 Å². The first-order valence-corrected chi connectivity index (χ1v) is 9.81. The molecule has 4 rings (SSSR count). The molecule has 1 aromatic carbocycles. The van der Waals surface area contributed by atoms with Crippen molar-refractivity contribution in [1.82, 2.24) is 15.0 Å². The number of carbonyl (C=O) groups is 1. The van der Waals surface area contributed by atoms with Crippen molar-refractivity contribution in [2.24, 2.45) is 0 Å². The molecule has 3 heterocycles. The van der Waals surface area contributed by atoms with Gasteiger partial charge in [-0.05, 0) is 34.1 Å². The first-order chi connectivity index (χ1) is 13.2. The molecular weight excluding hydrogens is 428 g/mol. The average Bonchev–Trinajstić information content (AvgIpc) is 3.06. The van der Waals surface area contributed by atoms with Crippen LogP contribution in [0, 0.1) is 0 Å². The Hall–Kier alpha value is -2.71. The molecule has 0 radical (unpaired) electrons. The van der Waals surface area contributed by atoms with E-state index in [4.69, 9.17) is 4.42 Å². The van der Waals surface area contributed by atoms with E-state index < -0.39 is 0 Å². The van der Waals surface area contributed by atoms with Gasteiger partial charge in [-0.2, -0.15) is 0 Å². The number of pyridine rings is 1. The summed E-state index contributed by atoms with van der Waals surface area (Å²) in [6.07, 6.45) is 6.61. The number of benzene rings is 1. The number of halogens is 1. The number of anilines is 1. The zero-order valence-electron chi connectivity index (χ0n) is 13.9. The highest BCUT2D eigenvalue weighted by molar-refractivity contribution is 9.10. The number of amides is 1. The van der Waals surface area contributed by atoms with Crippen molar-refractivity contribution in [2.45, 2.75) is 10.9 Å². The number of thioether (sulfide) groups is 1. The molecule has 0 aliphatic heterocycles. The quantitative estimate of drug-likeness (QED) is 0.350. The Labute approximate surface area is 167 Å². The Morgan fingerprint density at radius 2 is 1.96 bits per heavy atom. The van der Waals surface area contributed by atoms with Crippen LogP contribution in [0.4, 0.5) is 5.69 Å². The fraction of sp³-hybridized carbons (Fsp3) is 0.0526. The number of furan rings is 1. The Morgan fingerprint density at radius 1 is 1.15 bits per heavy atom. The molecule has 0 unspecified atom stereocenters. The summed E-state index contributed by atoms with van der Waals surface area (Å²) in [4.78, 5) is 25.3. The predicted molar refractivity (Wildman–Crippen MR) is 108 cm³/mol. The van der Waals surface area contributed by atoms with Crippen LogP contribution in [0.3, 0.4) is 0 Å². The van der Waals surface area contributed by atoms with Crippen LogP contribution in [0.25, 0.3) is 11.0 Å². The molecule has 0 atom stereocenters. The summed E-state index contributed by atoms with van der Waals surface area (Å²) < 4.78 is 6.63. The van der Waals surface area contributed by atoms with Crippen molar-refractivity contribution in [3.8, 4) is 0 Å². The summed E-state index contributed by atoms with van der Waals surface area (Å²) in [7, 11) is 0. The van der Waals surface area contributed by atoms with Crippen molar-refractivity contribution in [2.75, 3.05) is 5.32 Å². The van der Waals surface area contributed by atoms with E-state index in [2.05, 4.69) is 36.2 Å². The number of nitrogens with one attached hydrogen (secondary N) is 1. The second-order valence-electron chi connectivity index (χ2n) is 5.57. The summed E-state index contributed by atoms with van der Waals surface area (Å²) >= 11 is 4.80. The van der Waals surface area contributed by atoms with Gasteiger partial charge < -0.3 is 9.73 Å². The first kappa shape index (κ1) is 17.7. The number of nitrogens with zero attached hydrogens (tertiary/aromatic N) is 3. The molecule has 0 fully saturated rings. The van der Waals surface area contributed by atoms with Crippen LogP contribution < -0.4 is 5.32 Å². The van der Waals surface area contributed by atoms with E-state index in [9.17, 15) is 4.79 Å². The smallest absolute Gasteiger partial charge is 0.291 e. The van der Waals surface area contributed by atoms with Crippen molar-refractivity contribution < 1.29 is 9.21 Å². The lowest BCUT2D eigenvalue weighted by molar-refractivity contribution is 0.0998. The molecule has 0 saturated heterocycles. The van der Waals surface area contributed by atoms with Gasteiger partial charge in [0.25, 0.3) is 5.91 Å². The van der Waals surface area contributed by atoms with Crippen molar-refractivity contribution in [3.63, 3.8) is 0 Å². The normalized spacial score (nSPS) is 10.9. The average molecular weight is 441 g/mol. The molecular formula is C19H13BrN4O2S. The Morgan fingerprint density at radius 3 is 2.78 bits per heavy atom. The van der Waals surface area contributed by atoms with Crippen molar-refractivity contribution >= 4 is 50.3 Å². The number of hydrogen-bond acceptors (Lipinski definition) is 6. The maximum atomic E-state index is 12.8. The zero-order chi connectivity index (χ0) is 18.6. The van der Waals surface area contributed by atoms with Crippen molar-refractivity contribution in [1.29, 1.82) is 0 Å². The molecule has 0 aliphatic carbocycles. The zero-order valence-corrected chi connectivity index (χ0v) is 16.3. The maximum Gasteiger partial charge on any atom is 0.291 e. The van der Waals surface area contributed by atoms with E-state index in [1.165, 1.54) is 11.8 Å². The third-order valence-electron chi connectivity index (χ3n) is 3.75. The van der Waals surface area contributed by atoms with Crippen LogP contribution in [0.2, 0.25) is 0 Å². The molecule has 1 amide bonds. The molecule has 27 heavy (non-hydrogen) atoms. The highest BCUT2D eigenvalue weighted by atomic mass is 79.9. The highest BCUT2D eigenvalue weighted by Crippen LogP contribution is 2.31. The number of rotatable bonds is 5. The van der Waals surface area contributed by atoms with Crippen LogP contribution >= 0.6 is 27.7 Å². The third kappa shape index (κ3) is 4.01. The maximum absolute atomic E-state index is 12.8. The van der Waals surface area contributed by atoms with Gasteiger partial charge in [-0.1, -0.05) is 30.0 Å². The molecule has 6 nitrogen and oxygen atoms in total. The molecule has 4 aromatic rings. The molecule has 1 N–H and O–H groups in total. The van der Waals surface area contributed by atoms with Gasteiger partial charge in [-0.3, -0.25) is 9.78 Å². The second kappa shape index (κ2) is 7.89. The van der Waals surface area contributed by atoms with Crippen LogP contribution in [0.1, 0.15) is 16.1 Å². The number of para-hydroxylation sites is 1. The second-order valence-corrected chi connectivity index (χ2v) is 7.43. The van der Waals surface area contributed by atoms with Gasteiger partial charge in [0.05, 0.1) is 11.9 Å². The Bertz CT molecular complexity index is 1100. The highest BCUT2D eigenvalue weighted by Gasteiger charge is 2.21. The lowest BCUT2D eigenvalue weighted by Gasteiger charge is -2.05. The van der Waals surface area contributed by atoms with Gasteiger partial charge in [0.15, 0.2) is 10.9 Å². The van der Waals surface area contributed by atoms with Crippen LogP contribution in [-0.2, 0) is 5.75 Å². The largest absolute Gasteiger partial charge is 0.451 e. The standard InChI is InChI=1S/C19H13BrN4O2S/c20-12-8-13(10-21-9-12)24-18(25)17-15(11-27-19-22-6-3-7-23-19)14-4-1-2-5-16(14)26-17/h1-10H,11H2,(H,24,25). The predicted octanol–water partition coefficient (Wildman–Crippen LogP) is 4.92. The third-order valence-corrected chi connectivity index (χ3v) is 5.09. The van der Waals surface area contributed by atoms with E-state index in [1.807, 2.05) is 24.3 Å². The summed E-state index contributed by atoms with van der Waals surface area (Å²) in [5.74, 6) is 0.468. The minimum absolute atomic E-state index is 0.277. The van der Waals surface area contributed by atoms with Crippen molar-refractivity contribution in [3.05, 3.63) is 77.0 Å². The summed E-state index contributed by atoms with van der Waals surface area (Å²) in [5, 5.41) is 4.38. The fourth-order valence-corrected chi connectivity index (χ4v) is 3.79. The number of carbonyl (C=O) groups excluding carboxylic acids is 1. The first-order valence-electron chi connectivity index (χ1n) is 8.03. The van der Waals surface area contributed by atoms with Gasteiger partial charge in [0.2, 0.25) is 0 Å². The summed E-state index contributed by atoms with van der Waals surface area (Å²) in [6.45, 7) is 0. The molecule has 3 aromatic heterocycles. The summed E-state index contributed by atoms with van der Waals surface area (Å²) in [5.41, 5.74) is 2.06. The van der Waals surface area contributed by atoms with E-state index >= 15 is 0 Å². The Balaban J connectivity index is 1.65. The molecule has 0 spiro atoms. The lowest BCUT2D eigenvalue weighted by atomic mass is 10.1. The molecule has 8 heteroatoms. The monoisotopic (exact) mass is 440 g/mol. The summed E-state index contributed by atoms with van der Waals surface area (Å²) in [6, 6.07) is 11.1. The number of hydrogen-bond donors (Lipinski definition) is 1. The van der Waals surface area contributed by atoms with E-state index in [0.29, 0.717) is 22.2 Å². The Kier molecular flexibility index (Phi) is 5.17. The van der Waals surface area contributed by atoms with E-state index in [1.54, 1.807) is 36.9 Å².